The van der Waals surface area contributed by atoms with Crippen molar-refractivity contribution in [2.24, 2.45) is 0 Å². The van der Waals surface area contributed by atoms with Crippen molar-refractivity contribution in [3.63, 3.8) is 0 Å². The van der Waals surface area contributed by atoms with Gasteiger partial charge in [0.1, 0.15) is 6.26 Å². The van der Waals surface area contributed by atoms with E-state index < -0.39 is 0 Å². The number of furan rings is 1. The van der Waals surface area contributed by atoms with Crippen molar-refractivity contribution in [2.75, 3.05) is 26.2 Å². The Kier molecular flexibility index (Phi) is 4.59. The van der Waals surface area contributed by atoms with Crippen LogP contribution in [0.15, 0.2) is 47.3 Å². The van der Waals surface area contributed by atoms with Crippen molar-refractivity contribution < 1.29 is 9.21 Å². The van der Waals surface area contributed by atoms with E-state index in [-0.39, 0.29) is 5.91 Å². The molecule has 0 saturated carbocycles. The van der Waals surface area contributed by atoms with Gasteiger partial charge in [-0.2, -0.15) is 0 Å². The third kappa shape index (κ3) is 3.39. The molecule has 1 aliphatic heterocycles. The number of rotatable bonds is 3. The molecule has 0 N–H and O–H groups in total. The Bertz CT molecular complexity index is 621. The van der Waals surface area contributed by atoms with E-state index in [9.17, 15) is 4.79 Å². The summed E-state index contributed by atoms with van der Waals surface area (Å²) in [6.07, 6.45) is 4.20. The molecule has 0 bridgehead atoms. The van der Waals surface area contributed by atoms with Gasteiger partial charge in [-0.05, 0) is 24.5 Å². The summed E-state index contributed by atoms with van der Waals surface area (Å²) in [6.45, 7) is 6.40. The van der Waals surface area contributed by atoms with Gasteiger partial charge >= 0.3 is 0 Å². The topological polar surface area (TPSA) is 36.7 Å². The predicted octanol–water partition coefficient (Wildman–Crippen LogP) is 2.94. The predicted molar refractivity (Wildman–Crippen MR) is 85.7 cm³/mol. The van der Waals surface area contributed by atoms with Crippen molar-refractivity contribution >= 4 is 5.91 Å². The molecular weight excluding hydrogens is 276 g/mol. The zero-order valence-electron chi connectivity index (χ0n) is 13.0. The summed E-state index contributed by atoms with van der Waals surface area (Å²) >= 11 is 0. The molecule has 2 aromatic rings. The van der Waals surface area contributed by atoms with Crippen LogP contribution >= 0.6 is 0 Å². The standard InChI is InChI=1S/C18H22N2O2/c1-15-13-22-14-17(15)18(21)20-9-5-8-19(10-11-20)12-16-6-3-2-4-7-16/h2-4,6-7,13-14H,5,8-12H2,1H3. The Balaban J connectivity index is 1.60. The molecule has 1 saturated heterocycles. The van der Waals surface area contributed by atoms with E-state index in [2.05, 4.69) is 29.2 Å². The van der Waals surface area contributed by atoms with Gasteiger partial charge in [0.25, 0.3) is 5.91 Å². The van der Waals surface area contributed by atoms with Crippen LogP contribution in [0.2, 0.25) is 0 Å². The first-order chi connectivity index (χ1) is 10.7. The molecule has 1 fully saturated rings. The summed E-state index contributed by atoms with van der Waals surface area (Å²) in [6, 6.07) is 10.5. The van der Waals surface area contributed by atoms with Gasteiger partial charge in [0, 0.05) is 32.7 Å². The molecule has 116 valence electrons. The summed E-state index contributed by atoms with van der Waals surface area (Å²) in [5.41, 5.74) is 2.93. The van der Waals surface area contributed by atoms with Crippen LogP contribution in [0.3, 0.4) is 0 Å². The molecule has 1 aromatic heterocycles. The summed E-state index contributed by atoms with van der Waals surface area (Å²) in [7, 11) is 0. The lowest BCUT2D eigenvalue weighted by molar-refractivity contribution is 0.0760. The zero-order valence-corrected chi connectivity index (χ0v) is 13.0. The van der Waals surface area contributed by atoms with E-state index in [1.807, 2.05) is 17.9 Å². The highest BCUT2D eigenvalue weighted by Crippen LogP contribution is 2.15. The Labute approximate surface area is 131 Å². The monoisotopic (exact) mass is 298 g/mol. The Morgan fingerprint density at radius 3 is 2.64 bits per heavy atom. The molecular formula is C18H22N2O2. The quantitative estimate of drug-likeness (QED) is 0.874. The molecule has 0 radical (unpaired) electrons. The first-order valence-electron chi connectivity index (χ1n) is 7.82. The number of hydrogen-bond donors (Lipinski definition) is 0. The maximum atomic E-state index is 12.5. The average Bonchev–Trinajstić information content (AvgIpc) is 2.82. The summed E-state index contributed by atoms with van der Waals surface area (Å²) in [5.74, 6) is 0.0906. The molecule has 0 unspecified atom stereocenters. The Hall–Kier alpha value is -2.07. The van der Waals surface area contributed by atoms with Gasteiger partial charge in [-0.3, -0.25) is 9.69 Å². The highest BCUT2D eigenvalue weighted by molar-refractivity contribution is 5.95. The molecule has 1 aliphatic rings. The molecule has 2 heterocycles. The normalized spacial score (nSPS) is 16.5. The van der Waals surface area contributed by atoms with E-state index >= 15 is 0 Å². The van der Waals surface area contributed by atoms with Crippen molar-refractivity contribution in [3.05, 3.63) is 59.5 Å². The maximum absolute atomic E-state index is 12.5. The molecule has 1 amide bonds. The number of carbonyl (C=O) groups excluding carboxylic acids is 1. The largest absolute Gasteiger partial charge is 0.471 e. The number of amides is 1. The van der Waals surface area contributed by atoms with Crippen molar-refractivity contribution in [1.29, 1.82) is 0 Å². The van der Waals surface area contributed by atoms with E-state index in [1.165, 1.54) is 5.56 Å². The van der Waals surface area contributed by atoms with Crippen LogP contribution in [0.5, 0.6) is 0 Å². The van der Waals surface area contributed by atoms with Crippen LogP contribution in [0.1, 0.15) is 27.9 Å². The van der Waals surface area contributed by atoms with Crippen molar-refractivity contribution in [2.45, 2.75) is 19.9 Å². The summed E-state index contributed by atoms with van der Waals surface area (Å²) in [4.78, 5) is 16.9. The average molecular weight is 298 g/mol. The lowest BCUT2D eigenvalue weighted by Gasteiger charge is -2.22. The van der Waals surface area contributed by atoms with Gasteiger partial charge in [-0.1, -0.05) is 30.3 Å². The number of benzene rings is 1. The Morgan fingerprint density at radius 1 is 1.09 bits per heavy atom. The third-order valence-corrected chi connectivity index (χ3v) is 4.21. The van der Waals surface area contributed by atoms with Gasteiger partial charge in [0.2, 0.25) is 0 Å². The van der Waals surface area contributed by atoms with Crippen molar-refractivity contribution in [3.8, 4) is 0 Å². The fourth-order valence-electron chi connectivity index (χ4n) is 2.92. The number of nitrogens with zero attached hydrogens (tertiary/aromatic N) is 2. The van der Waals surface area contributed by atoms with Gasteiger partial charge in [0.05, 0.1) is 11.8 Å². The number of aryl methyl sites for hydroxylation is 1. The second kappa shape index (κ2) is 6.79. The maximum Gasteiger partial charge on any atom is 0.257 e. The summed E-state index contributed by atoms with van der Waals surface area (Å²) < 4.78 is 5.13. The second-order valence-electron chi connectivity index (χ2n) is 5.88. The van der Waals surface area contributed by atoms with E-state index in [0.29, 0.717) is 5.56 Å². The third-order valence-electron chi connectivity index (χ3n) is 4.21. The first-order valence-corrected chi connectivity index (χ1v) is 7.82. The molecule has 22 heavy (non-hydrogen) atoms. The van der Waals surface area contributed by atoms with Crippen LogP contribution in [0.25, 0.3) is 0 Å². The molecule has 1 aromatic carbocycles. The molecule has 0 aliphatic carbocycles. The van der Waals surface area contributed by atoms with Crippen LogP contribution in [-0.4, -0.2) is 41.9 Å². The lowest BCUT2D eigenvalue weighted by atomic mass is 10.2. The van der Waals surface area contributed by atoms with Crippen molar-refractivity contribution in [1.82, 2.24) is 9.80 Å². The minimum absolute atomic E-state index is 0.0906. The second-order valence-corrected chi connectivity index (χ2v) is 5.88. The molecule has 3 rings (SSSR count). The van der Waals surface area contributed by atoms with E-state index in [0.717, 1.165) is 44.7 Å². The van der Waals surface area contributed by atoms with Gasteiger partial charge in [0.15, 0.2) is 0 Å². The first kappa shape index (κ1) is 14.9. The molecule has 4 nitrogen and oxygen atoms in total. The smallest absolute Gasteiger partial charge is 0.257 e. The molecule has 0 spiro atoms. The number of carbonyl (C=O) groups is 1. The highest BCUT2D eigenvalue weighted by Gasteiger charge is 2.22. The van der Waals surface area contributed by atoms with Crippen LogP contribution in [-0.2, 0) is 6.54 Å². The van der Waals surface area contributed by atoms with E-state index in [4.69, 9.17) is 4.42 Å². The fourth-order valence-corrected chi connectivity index (χ4v) is 2.92. The highest BCUT2D eigenvalue weighted by atomic mass is 16.3. The van der Waals surface area contributed by atoms with Crippen LogP contribution < -0.4 is 0 Å². The fraction of sp³-hybridized carbons (Fsp3) is 0.389. The van der Waals surface area contributed by atoms with Gasteiger partial charge in [-0.25, -0.2) is 0 Å². The molecule has 4 heteroatoms. The van der Waals surface area contributed by atoms with E-state index in [1.54, 1.807) is 12.5 Å². The Morgan fingerprint density at radius 2 is 1.91 bits per heavy atom. The summed E-state index contributed by atoms with van der Waals surface area (Å²) in [5, 5.41) is 0. The number of hydrogen-bond acceptors (Lipinski definition) is 3. The minimum atomic E-state index is 0.0906. The van der Waals surface area contributed by atoms with Crippen LogP contribution in [0.4, 0.5) is 0 Å². The van der Waals surface area contributed by atoms with Gasteiger partial charge < -0.3 is 9.32 Å². The zero-order chi connectivity index (χ0) is 15.4. The van der Waals surface area contributed by atoms with Crippen LogP contribution in [0, 0.1) is 6.92 Å². The lowest BCUT2D eigenvalue weighted by Crippen LogP contribution is -2.35. The SMILES string of the molecule is Cc1cocc1C(=O)N1CCCN(Cc2ccccc2)CC1. The van der Waals surface area contributed by atoms with Gasteiger partial charge in [-0.15, -0.1) is 0 Å². The molecule has 0 atom stereocenters. The minimum Gasteiger partial charge on any atom is -0.471 e.